The molecule has 1 unspecified atom stereocenters. The van der Waals surface area contributed by atoms with Gasteiger partial charge in [0.05, 0.1) is 6.10 Å². The Bertz CT molecular complexity index is 256. The van der Waals surface area contributed by atoms with E-state index in [2.05, 4.69) is 38.1 Å². The van der Waals surface area contributed by atoms with E-state index in [1.54, 1.807) is 11.8 Å². The van der Waals surface area contributed by atoms with Gasteiger partial charge in [-0.3, -0.25) is 0 Å². The Morgan fingerprint density at radius 3 is 2.50 bits per heavy atom. The number of aliphatic hydroxyl groups is 1. The summed E-state index contributed by atoms with van der Waals surface area (Å²) in [5, 5.41) is 9.54. The largest absolute Gasteiger partial charge is 0.392 e. The van der Waals surface area contributed by atoms with Gasteiger partial charge < -0.3 is 5.11 Å². The Morgan fingerprint density at radius 2 is 1.93 bits per heavy atom. The standard InChI is InChI=1S/C12H18OS/c1-3-4-11(13)9-14-12-7-5-10(2)6-8-12/h5-8,11,13H,3-4,9H2,1-2H3. The van der Waals surface area contributed by atoms with Crippen LogP contribution in [0.2, 0.25) is 0 Å². The number of thioether (sulfide) groups is 1. The molecule has 0 fully saturated rings. The summed E-state index contributed by atoms with van der Waals surface area (Å²) < 4.78 is 0. The highest BCUT2D eigenvalue weighted by molar-refractivity contribution is 7.99. The van der Waals surface area contributed by atoms with E-state index < -0.39 is 0 Å². The fourth-order valence-electron chi connectivity index (χ4n) is 1.24. The molecule has 1 N–H and O–H groups in total. The lowest BCUT2D eigenvalue weighted by atomic mass is 10.2. The molecule has 1 atom stereocenters. The van der Waals surface area contributed by atoms with Crippen molar-refractivity contribution in [3.8, 4) is 0 Å². The number of rotatable bonds is 5. The normalized spacial score (nSPS) is 12.8. The van der Waals surface area contributed by atoms with Crippen molar-refractivity contribution < 1.29 is 5.11 Å². The summed E-state index contributed by atoms with van der Waals surface area (Å²) in [6.45, 7) is 4.18. The van der Waals surface area contributed by atoms with Crippen molar-refractivity contribution in [3.05, 3.63) is 29.8 Å². The maximum atomic E-state index is 9.54. The number of aliphatic hydroxyl groups excluding tert-OH is 1. The van der Waals surface area contributed by atoms with Crippen LogP contribution in [-0.2, 0) is 0 Å². The summed E-state index contributed by atoms with van der Waals surface area (Å²) in [7, 11) is 0. The highest BCUT2D eigenvalue weighted by Gasteiger charge is 2.02. The minimum Gasteiger partial charge on any atom is -0.392 e. The SMILES string of the molecule is CCCC(O)CSc1ccc(C)cc1. The van der Waals surface area contributed by atoms with Crippen LogP contribution >= 0.6 is 11.8 Å². The van der Waals surface area contributed by atoms with Gasteiger partial charge in [-0.2, -0.15) is 0 Å². The topological polar surface area (TPSA) is 20.2 Å². The lowest BCUT2D eigenvalue weighted by Gasteiger charge is -2.08. The molecule has 0 spiro atoms. The van der Waals surface area contributed by atoms with Crippen LogP contribution in [0.4, 0.5) is 0 Å². The average molecular weight is 210 g/mol. The first kappa shape index (κ1) is 11.6. The first-order chi connectivity index (χ1) is 6.72. The maximum Gasteiger partial charge on any atom is 0.0634 e. The summed E-state index contributed by atoms with van der Waals surface area (Å²) in [5.41, 5.74) is 1.28. The highest BCUT2D eigenvalue weighted by atomic mass is 32.2. The van der Waals surface area contributed by atoms with E-state index in [4.69, 9.17) is 0 Å². The summed E-state index contributed by atoms with van der Waals surface area (Å²) in [5.74, 6) is 0.802. The molecule has 14 heavy (non-hydrogen) atoms. The first-order valence-electron chi connectivity index (χ1n) is 5.10. The second-order valence-electron chi connectivity index (χ2n) is 3.57. The molecule has 1 rings (SSSR count). The molecule has 0 aliphatic rings. The summed E-state index contributed by atoms with van der Waals surface area (Å²) >= 11 is 1.73. The molecule has 0 bridgehead atoms. The van der Waals surface area contributed by atoms with Crippen molar-refractivity contribution in [2.24, 2.45) is 0 Å². The van der Waals surface area contributed by atoms with Gasteiger partial charge >= 0.3 is 0 Å². The molecule has 1 aromatic carbocycles. The lowest BCUT2D eigenvalue weighted by molar-refractivity contribution is 0.188. The lowest BCUT2D eigenvalue weighted by Crippen LogP contribution is -2.08. The Hall–Kier alpha value is -0.470. The minimum atomic E-state index is -0.161. The van der Waals surface area contributed by atoms with Crippen LogP contribution in [0, 0.1) is 6.92 Å². The van der Waals surface area contributed by atoms with Crippen molar-refractivity contribution in [1.29, 1.82) is 0 Å². The van der Waals surface area contributed by atoms with Crippen molar-refractivity contribution in [3.63, 3.8) is 0 Å². The molecule has 0 aliphatic carbocycles. The third-order valence-corrected chi connectivity index (χ3v) is 3.24. The predicted molar refractivity (Wildman–Crippen MR) is 62.8 cm³/mol. The highest BCUT2D eigenvalue weighted by Crippen LogP contribution is 2.20. The molecular weight excluding hydrogens is 192 g/mol. The molecule has 0 amide bonds. The van der Waals surface area contributed by atoms with Crippen LogP contribution in [0.25, 0.3) is 0 Å². The summed E-state index contributed by atoms with van der Waals surface area (Å²) in [6.07, 6.45) is 1.79. The zero-order valence-electron chi connectivity index (χ0n) is 8.86. The van der Waals surface area contributed by atoms with E-state index in [0.29, 0.717) is 0 Å². The first-order valence-corrected chi connectivity index (χ1v) is 6.08. The third kappa shape index (κ3) is 4.16. The zero-order chi connectivity index (χ0) is 10.4. The zero-order valence-corrected chi connectivity index (χ0v) is 9.68. The molecule has 78 valence electrons. The van der Waals surface area contributed by atoms with Gasteiger partial charge in [-0.25, -0.2) is 0 Å². The second kappa shape index (κ2) is 6.10. The molecule has 0 saturated heterocycles. The summed E-state index contributed by atoms with van der Waals surface area (Å²) in [6, 6.07) is 8.43. The van der Waals surface area contributed by atoms with Crippen LogP contribution in [0.1, 0.15) is 25.3 Å². The monoisotopic (exact) mass is 210 g/mol. The molecular formula is C12H18OS. The fourth-order valence-corrected chi connectivity index (χ4v) is 2.12. The van der Waals surface area contributed by atoms with Crippen molar-refractivity contribution in [2.45, 2.75) is 37.7 Å². The molecule has 1 nitrogen and oxygen atoms in total. The predicted octanol–water partition coefficient (Wildman–Crippen LogP) is 3.25. The van der Waals surface area contributed by atoms with E-state index in [1.807, 2.05) is 0 Å². The molecule has 0 aliphatic heterocycles. The number of aryl methyl sites for hydroxylation is 1. The maximum absolute atomic E-state index is 9.54. The van der Waals surface area contributed by atoms with Crippen molar-refractivity contribution >= 4 is 11.8 Å². The molecule has 1 aromatic rings. The van der Waals surface area contributed by atoms with Gasteiger partial charge in [0.25, 0.3) is 0 Å². The van der Waals surface area contributed by atoms with Gasteiger partial charge in [0, 0.05) is 10.6 Å². The Kier molecular flexibility index (Phi) is 5.05. The van der Waals surface area contributed by atoms with E-state index in [-0.39, 0.29) is 6.10 Å². The average Bonchev–Trinajstić information content (AvgIpc) is 2.17. The third-order valence-electron chi connectivity index (χ3n) is 2.09. The van der Waals surface area contributed by atoms with E-state index in [9.17, 15) is 5.11 Å². The summed E-state index contributed by atoms with van der Waals surface area (Å²) in [4.78, 5) is 1.24. The molecule has 0 radical (unpaired) electrons. The Morgan fingerprint density at radius 1 is 1.29 bits per heavy atom. The number of hydrogen-bond acceptors (Lipinski definition) is 2. The van der Waals surface area contributed by atoms with Gasteiger partial charge in [0.15, 0.2) is 0 Å². The Labute approximate surface area is 90.5 Å². The minimum absolute atomic E-state index is 0.161. The molecule has 0 aromatic heterocycles. The molecule has 0 saturated carbocycles. The van der Waals surface area contributed by atoms with Crippen molar-refractivity contribution in [1.82, 2.24) is 0 Å². The molecule has 2 heteroatoms. The number of hydrogen-bond donors (Lipinski definition) is 1. The van der Waals surface area contributed by atoms with Gasteiger partial charge in [0.2, 0.25) is 0 Å². The fraction of sp³-hybridized carbons (Fsp3) is 0.500. The van der Waals surface area contributed by atoms with Crippen molar-refractivity contribution in [2.75, 3.05) is 5.75 Å². The van der Waals surface area contributed by atoms with Crippen LogP contribution in [0.15, 0.2) is 29.2 Å². The Balaban J connectivity index is 2.34. The van der Waals surface area contributed by atoms with E-state index in [0.717, 1.165) is 18.6 Å². The van der Waals surface area contributed by atoms with E-state index in [1.165, 1.54) is 10.5 Å². The second-order valence-corrected chi connectivity index (χ2v) is 4.66. The van der Waals surface area contributed by atoms with Gasteiger partial charge in [-0.15, -0.1) is 11.8 Å². The number of benzene rings is 1. The van der Waals surface area contributed by atoms with Crippen LogP contribution in [0.3, 0.4) is 0 Å². The van der Waals surface area contributed by atoms with Gasteiger partial charge in [-0.05, 0) is 25.5 Å². The van der Waals surface area contributed by atoms with Gasteiger partial charge in [-0.1, -0.05) is 31.0 Å². The molecule has 0 heterocycles. The van der Waals surface area contributed by atoms with Crippen LogP contribution in [0.5, 0.6) is 0 Å². The van der Waals surface area contributed by atoms with Crippen LogP contribution < -0.4 is 0 Å². The van der Waals surface area contributed by atoms with E-state index >= 15 is 0 Å². The van der Waals surface area contributed by atoms with Crippen LogP contribution in [-0.4, -0.2) is 17.0 Å². The van der Waals surface area contributed by atoms with Gasteiger partial charge in [0.1, 0.15) is 0 Å². The smallest absolute Gasteiger partial charge is 0.0634 e. The quantitative estimate of drug-likeness (QED) is 0.753.